The minimum absolute atomic E-state index is 0.271. The fourth-order valence-electron chi connectivity index (χ4n) is 5.90. The van der Waals surface area contributed by atoms with E-state index in [1.165, 1.54) is 11.1 Å². The molecule has 0 unspecified atom stereocenters. The molecule has 3 aliphatic heterocycles. The Bertz CT molecular complexity index is 911. The van der Waals surface area contributed by atoms with Crippen LogP contribution < -0.4 is 4.74 Å². The van der Waals surface area contributed by atoms with Crippen molar-refractivity contribution >= 4 is 5.91 Å². The molecule has 3 heterocycles. The number of hydrogen-bond acceptors (Lipinski definition) is 3. The maximum absolute atomic E-state index is 13.6. The number of carbonyl (C=O) groups excluding carboxylic acids is 1. The van der Waals surface area contributed by atoms with Crippen LogP contribution in [0.3, 0.4) is 0 Å². The lowest BCUT2D eigenvalue weighted by atomic mass is 9.85. The average molecular weight is 377 g/mol. The molecule has 146 valence electrons. The van der Waals surface area contributed by atoms with E-state index >= 15 is 0 Å². The number of ether oxygens (including phenoxy) is 1. The highest BCUT2D eigenvalue weighted by Gasteiger charge is 2.65. The zero-order chi connectivity index (χ0) is 19.3. The van der Waals surface area contributed by atoms with Crippen molar-refractivity contribution in [2.24, 2.45) is 5.92 Å². The molecule has 3 atom stereocenters. The smallest absolute Gasteiger partial charge is 0.243 e. The van der Waals surface area contributed by atoms with Gasteiger partial charge in [0.1, 0.15) is 11.3 Å². The van der Waals surface area contributed by atoms with E-state index in [9.17, 15) is 4.79 Å². The van der Waals surface area contributed by atoms with Crippen LogP contribution in [0.5, 0.6) is 5.75 Å². The Morgan fingerprint density at radius 1 is 1.18 bits per heavy atom. The van der Waals surface area contributed by atoms with Gasteiger partial charge in [-0.2, -0.15) is 0 Å². The molecule has 2 aromatic carbocycles. The van der Waals surface area contributed by atoms with Crippen LogP contribution in [0.4, 0.5) is 0 Å². The van der Waals surface area contributed by atoms with Crippen molar-refractivity contribution in [1.82, 2.24) is 9.80 Å². The van der Waals surface area contributed by atoms with Gasteiger partial charge in [-0.25, -0.2) is 0 Å². The third-order valence-electron chi connectivity index (χ3n) is 7.06. The number of hydrogen-bond donors (Lipinski definition) is 0. The minimum Gasteiger partial charge on any atom is -0.497 e. The molecule has 3 aliphatic rings. The third-order valence-corrected chi connectivity index (χ3v) is 7.06. The number of aryl methyl sites for hydroxylation is 1. The Morgan fingerprint density at radius 2 is 2.04 bits per heavy atom. The van der Waals surface area contributed by atoms with Crippen molar-refractivity contribution in [3.05, 3.63) is 65.2 Å². The summed E-state index contributed by atoms with van der Waals surface area (Å²) in [6, 6.07) is 17.3. The molecular formula is C24H28N2O2. The second kappa shape index (κ2) is 6.63. The van der Waals surface area contributed by atoms with Gasteiger partial charge in [0.2, 0.25) is 5.91 Å². The number of carbonyl (C=O) groups is 1. The van der Waals surface area contributed by atoms with Crippen molar-refractivity contribution in [1.29, 1.82) is 0 Å². The zero-order valence-electron chi connectivity index (χ0n) is 16.7. The maximum Gasteiger partial charge on any atom is 0.243 e. The molecule has 2 aromatic rings. The van der Waals surface area contributed by atoms with Gasteiger partial charge in [0.15, 0.2) is 0 Å². The fraction of sp³-hybridized carbons (Fsp3) is 0.458. The molecular weight excluding hydrogens is 348 g/mol. The van der Waals surface area contributed by atoms with Crippen LogP contribution in [0.2, 0.25) is 0 Å². The van der Waals surface area contributed by atoms with E-state index in [4.69, 9.17) is 4.74 Å². The predicted octanol–water partition coefficient (Wildman–Crippen LogP) is 3.94. The first-order valence-corrected chi connectivity index (χ1v) is 10.4. The molecule has 3 fully saturated rings. The SMILES string of the molecule is COc1cccc(CN2C[C@@H]3C[C@@H](c4cccc(C)c4)N4CCC[C@@]34C2=O)c1. The first-order valence-electron chi connectivity index (χ1n) is 10.4. The van der Waals surface area contributed by atoms with Crippen LogP contribution in [0.25, 0.3) is 0 Å². The standard InChI is InChI=1S/C24H28N2O2/c1-17-6-3-8-19(12-17)22-14-20-16-25(15-18-7-4-9-21(13-18)28-2)23(27)24(20)10-5-11-26(22)24/h3-4,6-9,12-13,20,22H,5,10-11,14-16H2,1-2H3/t20-,22-,24-/m0/s1. The summed E-state index contributed by atoms with van der Waals surface area (Å²) < 4.78 is 5.35. The molecule has 0 aliphatic carbocycles. The molecule has 4 heteroatoms. The third kappa shape index (κ3) is 2.58. The minimum atomic E-state index is -0.271. The Kier molecular flexibility index (Phi) is 4.20. The van der Waals surface area contributed by atoms with Crippen molar-refractivity contribution in [3.63, 3.8) is 0 Å². The Labute approximate surface area is 167 Å². The lowest BCUT2D eigenvalue weighted by Gasteiger charge is -2.33. The monoisotopic (exact) mass is 376 g/mol. The summed E-state index contributed by atoms with van der Waals surface area (Å²) in [4.78, 5) is 18.3. The fourth-order valence-corrected chi connectivity index (χ4v) is 5.90. The summed E-state index contributed by atoms with van der Waals surface area (Å²) in [6.07, 6.45) is 3.22. The summed E-state index contributed by atoms with van der Waals surface area (Å²) in [5.41, 5.74) is 3.55. The number of amides is 1. The predicted molar refractivity (Wildman–Crippen MR) is 109 cm³/mol. The van der Waals surface area contributed by atoms with Gasteiger partial charge in [-0.3, -0.25) is 9.69 Å². The molecule has 4 nitrogen and oxygen atoms in total. The first-order chi connectivity index (χ1) is 13.6. The molecule has 1 amide bonds. The van der Waals surface area contributed by atoms with E-state index in [-0.39, 0.29) is 5.54 Å². The van der Waals surface area contributed by atoms with Gasteiger partial charge in [-0.1, -0.05) is 42.0 Å². The van der Waals surface area contributed by atoms with Gasteiger partial charge >= 0.3 is 0 Å². The molecule has 0 aromatic heterocycles. The molecule has 3 saturated heterocycles. The normalized spacial score (nSPS) is 29.2. The van der Waals surface area contributed by atoms with Gasteiger partial charge in [0, 0.05) is 25.0 Å². The molecule has 0 N–H and O–H groups in total. The van der Waals surface area contributed by atoms with Crippen LogP contribution in [0.1, 0.15) is 42.0 Å². The summed E-state index contributed by atoms with van der Waals surface area (Å²) in [5, 5.41) is 0. The van der Waals surface area contributed by atoms with Gasteiger partial charge < -0.3 is 9.64 Å². The molecule has 28 heavy (non-hydrogen) atoms. The summed E-state index contributed by atoms with van der Waals surface area (Å²) in [6.45, 7) is 4.74. The van der Waals surface area contributed by atoms with Crippen molar-refractivity contribution < 1.29 is 9.53 Å². The van der Waals surface area contributed by atoms with Gasteiger partial charge in [0.25, 0.3) is 0 Å². The van der Waals surface area contributed by atoms with E-state index in [0.717, 1.165) is 43.7 Å². The van der Waals surface area contributed by atoms with Crippen molar-refractivity contribution in [2.45, 2.75) is 44.3 Å². The number of rotatable bonds is 4. The number of methoxy groups -OCH3 is 1. The largest absolute Gasteiger partial charge is 0.497 e. The van der Waals surface area contributed by atoms with Gasteiger partial charge in [-0.15, -0.1) is 0 Å². The number of likely N-dealkylation sites (tertiary alicyclic amines) is 1. The second-order valence-corrected chi connectivity index (χ2v) is 8.62. The molecule has 0 saturated carbocycles. The highest BCUT2D eigenvalue weighted by Crippen LogP contribution is 2.56. The highest BCUT2D eigenvalue weighted by molar-refractivity contribution is 5.90. The molecule has 0 bridgehead atoms. The van der Waals surface area contributed by atoms with Crippen molar-refractivity contribution in [3.8, 4) is 5.75 Å². The van der Waals surface area contributed by atoms with Crippen LogP contribution in [0, 0.1) is 12.8 Å². The first kappa shape index (κ1) is 17.7. The second-order valence-electron chi connectivity index (χ2n) is 8.62. The van der Waals surface area contributed by atoms with E-state index in [2.05, 4.69) is 47.1 Å². The maximum atomic E-state index is 13.6. The van der Waals surface area contributed by atoms with Crippen LogP contribution in [-0.4, -0.2) is 41.4 Å². The van der Waals surface area contributed by atoms with E-state index in [1.807, 2.05) is 18.2 Å². The summed E-state index contributed by atoms with van der Waals surface area (Å²) in [5.74, 6) is 1.62. The van der Waals surface area contributed by atoms with E-state index < -0.39 is 0 Å². The lowest BCUT2D eigenvalue weighted by Crippen LogP contribution is -2.49. The van der Waals surface area contributed by atoms with E-state index in [0.29, 0.717) is 24.4 Å². The quantitative estimate of drug-likeness (QED) is 0.810. The highest BCUT2D eigenvalue weighted by atomic mass is 16.5. The van der Waals surface area contributed by atoms with Crippen LogP contribution in [0.15, 0.2) is 48.5 Å². The average Bonchev–Trinajstić information content (AvgIpc) is 3.33. The number of nitrogens with zero attached hydrogens (tertiary/aromatic N) is 2. The van der Waals surface area contributed by atoms with E-state index in [1.54, 1.807) is 7.11 Å². The number of benzene rings is 2. The zero-order valence-corrected chi connectivity index (χ0v) is 16.7. The van der Waals surface area contributed by atoms with Crippen LogP contribution >= 0.6 is 0 Å². The Morgan fingerprint density at radius 3 is 2.86 bits per heavy atom. The lowest BCUT2D eigenvalue weighted by molar-refractivity contribution is -0.137. The topological polar surface area (TPSA) is 32.8 Å². The van der Waals surface area contributed by atoms with Gasteiger partial charge in [0.05, 0.1) is 7.11 Å². The Hall–Kier alpha value is -2.33. The molecule has 1 spiro atoms. The van der Waals surface area contributed by atoms with Gasteiger partial charge in [-0.05, 0) is 56.0 Å². The van der Waals surface area contributed by atoms with Crippen LogP contribution in [-0.2, 0) is 11.3 Å². The van der Waals surface area contributed by atoms with Crippen molar-refractivity contribution in [2.75, 3.05) is 20.2 Å². The summed E-state index contributed by atoms with van der Waals surface area (Å²) >= 11 is 0. The molecule has 0 radical (unpaired) electrons. The Balaban J connectivity index is 1.41. The molecule has 5 rings (SSSR count). The summed E-state index contributed by atoms with van der Waals surface area (Å²) in [7, 11) is 1.69.